The first-order chi connectivity index (χ1) is 4.33. The highest BCUT2D eigenvalue weighted by Crippen LogP contribution is 1.91. The van der Waals surface area contributed by atoms with Crippen molar-refractivity contribution < 1.29 is 14.3 Å². The first-order valence-corrected chi connectivity index (χ1v) is 2.97. The van der Waals surface area contributed by atoms with Gasteiger partial charge in [-0.3, -0.25) is 9.18 Å². The fourth-order valence-corrected chi connectivity index (χ4v) is 0.344. The predicted molar refractivity (Wildman–Crippen MR) is 34.2 cm³/mol. The molecule has 0 radical (unpaired) electrons. The van der Waals surface area contributed by atoms with Crippen LogP contribution in [0.3, 0.4) is 0 Å². The van der Waals surface area contributed by atoms with Crippen LogP contribution in [-0.2, 0) is 4.79 Å². The summed E-state index contributed by atoms with van der Waals surface area (Å²) < 4.78 is 11.2. The number of carbonyl (C=O) groups is 1. The molecule has 56 valence electrons. The zero-order valence-corrected chi connectivity index (χ0v) is 5.64. The molecule has 0 spiro atoms. The molecule has 0 aliphatic carbocycles. The van der Waals surface area contributed by atoms with E-state index in [0.717, 1.165) is 19.3 Å². The van der Waals surface area contributed by atoms with Crippen molar-refractivity contribution in [2.45, 2.75) is 26.2 Å². The Morgan fingerprint density at radius 3 is 2.11 bits per heavy atom. The summed E-state index contributed by atoms with van der Waals surface area (Å²) in [5.41, 5.74) is 0. The Kier molecular flexibility index (Phi) is 19.5. The Labute approximate surface area is 54.7 Å². The van der Waals surface area contributed by atoms with Gasteiger partial charge in [0.15, 0.2) is 0 Å². The zero-order valence-electron chi connectivity index (χ0n) is 5.64. The summed E-state index contributed by atoms with van der Waals surface area (Å²) in [6.45, 7) is 1.67. The minimum Gasteiger partial charge on any atom is -0.483 e. The second kappa shape index (κ2) is 15.7. The van der Waals surface area contributed by atoms with Crippen LogP contribution in [0.5, 0.6) is 0 Å². The van der Waals surface area contributed by atoms with E-state index < -0.39 is 0 Å². The van der Waals surface area contributed by atoms with E-state index in [1.54, 1.807) is 0 Å². The van der Waals surface area contributed by atoms with Crippen molar-refractivity contribution in [2.75, 3.05) is 6.67 Å². The largest absolute Gasteiger partial charge is 0.483 e. The quantitative estimate of drug-likeness (QED) is 0.475. The van der Waals surface area contributed by atoms with E-state index in [-0.39, 0.29) is 13.1 Å². The maximum Gasteiger partial charge on any atom is 0.290 e. The molecule has 0 aromatic heterocycles. The third-order valence-electron chi connectivity index (χ3n) is 0.737. The Morgan fingerprint density at radius 2 is 2.00 bits per heavy atom. The first kappa shape index (κ1) is 11.2. The van der Waals surface area contributed by atoms with E-state index in [0.29, 0.717) is 0 Å². The monoisotopic (exact) mass is 136 g/mol. The summed E-state index contributed by atoms with van der Waals surface area (Å²) in [5, 5.41) is 6.89. The van der Waals surface area contributed by atoms with Crippen molar-refractivity contribution in [3.05, 3.63) is 0 Å². The number of carboxylic acid groups (broad SMARTS) is 1. The van der Waals surface area contributed by atoms with E-state index in [9.17, 15) is 4.39 Å². The summed E-state index contributed by atoms with van der Waals surface area (Å²) in [5.74, 6) is 0. The van der Waals surface area contributed by atoms with Crippen LogP contribution in [0.2, 0.25) is 0 Å². The van der Waals surface area contributed by atoms with Crippen molar-refractivity contribution >= 4 is 6.47 Å². The lowest BCUT2D eigenvalue weighted by atomic mass is 10.3. The molecule has 9 heavy (non-hydrogen) atoms. The van der Waals surface area contributed by atoms with Gasteiger partial charge in [-0.2, -0.15) is 0 Å². The molecule has 0 saturated heterocycles. The second-order valence-electron chi connectivity index (χ2n) is 1.50. The number of halogens is 1. The molecule has 0 aromatic rings. The highest BCUT2D eigenvalue weighted by molar-refractivity contribution is 5.32. The number of rotatable bonds is 3. The maximum atomic E-state index is 11.2. The average molecular weight is 136 g/mol. The molecule has 0 bridgehead atoms. The number of hydrogen-bond acceptors (Lipinski definition) is 1. The van der Waals surface area contributed by atoms with Gasteiger partial charge < -0.3 is 5.11 Å². The first-order valence-electron chi connectivity index (χ1n) is 2.97. The summed E-state index contributed by atoms with van der Waals surface area (Å²) in [6, 6.07) is 0. The molecular weight excluding hydrogens is 123 g/mol. The zero-order chi connectivity index (χ0) is 7.54. The van der Waals surface area contributed by atoms with E-state index in [4.69, 9.17) is 9.90 Å². The molecule has 2 nitrogen and oxygen atoms in total. The van der Waals surface area contributed by atoms with Crippen molar-refractivity contribution in [1.82, 2.24) is 0 Å². The Morgan fingerprint density at radius 1 is 1.56 bits per heavy atom. The van der Waals surface area contributed by atoms with E-state index in [2.05, 4.69) is 6.92 Å². The van der Waals surface area contributed by atoms with Crippen LogP contribution in [-0.4, -0.2) is 18.3 Å². The lowest BCUT2D eigenvalue weighted by Crippen LogP contribution is -1.72. The van der Waals surface area contributed by atoms with E-state index in [1.165, 1.54) is 0 Å². The maximum absolute atomic E-state index is 11.2. The van der Waals surface area contributed by atoms with Crippen LogP contribution in [0, 0.1) is 0 Å². The smallest absolute Gasteiger partial charge is 0.290 e. The lowest BCUT2D eigenvalue weighted by Gasteiger charge is -1.84. The van der Waals surface area contributed by atoms with Gasteiger partial charge >= 0.3 is 0 Å². The van der Waals surface area contributed by atoms with E-state index in [1.807, 2.05) is 0 Å². The van der Waals surface area contributed by atoms with Crippen LogP contribution in [0.15, 0.2) is 0 Å². The van der Waals surface area contributed by atoms with Gasteiger partial charge in [0.2, 0.25) is 0 Å². The van der Waals surface area contributed by atoms with Crippen LogP contribution < -0.4 is 0 Å². The molecular formula is C6H13FO2. The van der Waals surface area contributed by atoms with Crippen molar-refractivity contribution in [3.8, 4) is 0 Å². The molecule has 0 aliphatic heterocycles. The highest BCUT2D eigenvalue weighted by Gasteiger charge is 1.78. The summed E-state index contributed by atoms with van der Waals surface area (Å²) in [7, 11) is 0. The Bertz CT molecular complexity index is 44.3. The van der Waals surface area contributed by atoms with Crippen molar-refractivity contribution in [2.24, 2.45) is 0 Å². The number of hydrogen-bond donors (Lipinski definition) is 1. The number of alkyl halides is 1. The van der Waals surface area contributed by atoms with Gasteiger partial charge in [-0.1, -0.05) is 19.8 Å². The fourth-order valence-electron chi connectivity index (χ4n) is 0.344. The average Bonchev–Trinajstić information content (AvgIpc) is 1.86. The van der Waals surface area contributed by atoms with Crippen LogP contribution in [0.1, 0.15) is 26.2 Å². The summed E-state index contributed by atoms with van der Waals surface area (Å²) in [6.07, 6.45) is 2.90. The molecule has 1 N–H and O–H groups in total. The summed E-state index contributed by atoms with van der Waals surface area (Å²) in [4.78, 5) is 8.36. The van der Waals surface area contributed by atoms with Gasteiger partial charge in [0.25, 0.3) is 6.47 Å². The molecule has 0 aliphatic rings. The van der Waals surface area contributed by atoms with Crippen molar-refractivity contribution in [3.63, 3.8) is 0 Å². The highest BCUT2D eigenvalue weighted by atomic mass is 19.1. The third-order valence-corrected chi connectivity index (χ3v) is 0.737. The summed E-state index contributed by atoms with van der Waals surface area (Å²) >= 11 is 0. The molecule has 0 fully saturated rings. The van der Waals surface area contributed by atoms with Crippen molar-refractivity contribution in [1.29, 1.82) is 0 Å². The fraction of sp³-hybridized carbons (Fsp3) is 0.833. The second-order valence-corrected chi connectivity index (χ2v) is 1.50. The third kappa shape index (κ3) is 37.5. The standard InChI is InChI=1S/C5H11F.CH2O2/c1-2-3-4-5-6;2-1-3/h2-5H2,1H3;1H,(H,2,3). The molecule has 0 heterocycles. The molecule has 0 saturated carbocycles. The molecule has 0 amide bonds. The minimum atomic E-state index is -0.250. The van der Waals surface area contributed by atoms with Gasteiger partial charge in [0.05, 0.1) is 6.67 Å². The Hall–Kier alpha value is -0.600. The van der Waals surface area contributed by atoms with Gasteiger partial charge in [0, 0.05) is 0 Å². The molecule has 0 atom stereocenters. The molecule has 3 heteroatoms. The predicted octanol–water partition coefficient (Wildman–Crippen LogP) is 1.85. The molecule has 0 unspecified atom stereocenters. The number of unbranched alkanes of at least 4 members (excludes halogenated alkanes) is 2. The van der Waals surface area contributed by atoms with Gasteiger partial charge in [0.1, 0.15) is 0 Å². The van der Waals surface area contributed by atoms with Gasteiger partial charge in [-0.05, 0) is 6.42 Å². The van der Waals surface area contributed by atoms with Crippen LogP contribution in [0.25, 0.3) is 0 Å². The molecule has 0 rings (SSSR count). The van der Waals surface area contributed by atoms with E-state index >= 15 is 0 Å². The topological polar surface area (TPSA) is 37.3 Å². The van der Waals surface area contributed by atoms with Crippen LogP contribution in [0.4, 0.5) is 4.39 Å². The lowest BCUT2D eigenvalue weighted by molar-refractivity contribution is -0.122. The normalized spacial score (nSPS) is 7.33. The minimum absolute atomic E-state index is 0.145. The Balaban J connectivity index is 0. The molecule has 0 aromatic carbocycles. The SMILES string of the molecule is CCCCCF.O=CO. The van der Waals surface area contributed by atoms with Crippen LogP contribution >= 0.6 is 0 Å². The van der Waals surface area contributed by atoms with Gasteiger partial charge in [-0.15, -0.1) is 0 Å². The van der Waals surface area contributed by atoms with Gasteiger partial charge in [-0.25, -0.2) is 0 Å².